The summed E-state index contributed by atoms with van der Waals surface area (Å²) >= 11 is 0. The van der Waals surface area contributed by atoms with Gasteiger partial charge in [-0.1, -0.05) is 0 Å². The highest BCUT2D eigenvalue weighted by molar-refractivity contribution is 5.96. The predicted molar refractivity (Wildman–Crippen MR) is 188 cm³/mol. The van der Waals surface area contributed by atoms with Crippen LogP contribution in [0.4, 0.5) is 5.69 Å². The Morgan fingerprint density at radius 3 is 2.73 bits per heavy atom. The second-order valence-electron chi connectivity index (χ2n) is 13.8. The van der Waals surface area contributed by atoms with E-state index in [0.717, 1.165) is 11.3 Å². The van der Waals surface area contributed by atoms with E-state index in [0.29, 0.717) is 71.2 Å². The number of aryl methyl sites for hydroxylation is 1. The van der Waals surface area contributed by atoms with Crippen LogP contribution in [0.3, 0.4) is 0 Å². The quantitative estimate of drug-likeness (QED) is 0.116. The van der Waals surface area contributed by atoms with Crippen molar-refractivity contribution in [3.8, 4) is 5.75 Å². The Morgan fingerprint density at radius 2 is 1.96 bits per heavy atom. The molecule has 0 bridgehead atoms. The van der Waals surface area contributed by atoms with Gasteiger partial charge < -0.3 is 49.8 Å². The third-order valence-corrected chi connectivity index (χ3v) is 10.2. The fraction of sp³-hybridized carbons (Fsp3) is 0.472. The van der Waals surface area contributed by atoms with E-state index in [9.17, 15) is 30.3 Å². The Bertz CT molecular complexity index is 1950. The number of hydrogen-bond donors (Lipinski definition) is 6. The van der Waals surface area contributed by atoms with Crippen molar-refractivity contribution in [1.82, 2.24) is 10.2 Å². The molecule has 6 heterocycles. The molecule has 7 rings (SSSR count). The number of aliphatic hydroxyl groups excluding tert-OH is 4. The van der Waals surface area contributed by atoms with Gasteiger partial charge in [-0.25, -0.2) is 9.78 Å². The summed E-state index contributed by atoms with van der Waals surface area (Å²) in [4.78, 5) is 37.3. The van der Waals surface area contributed by atoms with Crippen molar-refractivity contribution in [2.45, 2.75) is 62.3 Å². The molecule has 0 aliphatic carbocycles. The minimum atomic E-state index is -2.36. The zero-order valence-corrected chi connectivity index (χ0v) is 28.7. The highest BCUT2D eigenvalue weighted by atomic mass is 17.2. The summed E-state index contributed by atoms with van der Waals surface area (Å²) in [6.45, 7) is 3.26. The second-order valence-corrected chi connectivity index (χ2v) is 13.8. The number of nitrogens with one attached hydrogen (secondary N) is 1. The van der Waals surface area contributed by atoms with Gasteiger partial charge in [0, 0.05) is 55.2 Å². The van der Waals surface area contributed by atoms with Gasteiger partial charge in [-0.15, -0.1) is 0 Å². The van der Waals surface area contributed by atoms with Crippen LogP contribution >= 0.6 is 0 Å². The number of rotatable bonds is 14. The van der Waals surface area contributed by atoms with E-state index in [-0.39, 0.29) is 18.4 Å². The van der Waals surface area contributed by atoms with Gasteiger partial charge in [-0.05, 0) is 51.7 Å². The molecule has 272 valence electrons. The van der Waals surface area contributed by atoms with Gasteiger partial charge in [0.2, 0.25) is 0 Å². The number of hydrogen-bond acceptors (Lipinski definition) is 15. The van der Waals surface area contributed by atoms with Crippen LogP contribution in [0.5, 0.6) is 5.75 Å². The van der Waals surface area contributed by atoms with Crippen LogP contribution < -0.4 is 20.4 Å². The number of benzene rings is 1. The minimum absolute atomic E-state index is 0.203. The molecule has 0 unspecified atom stereocenters. The summed E-state index contributed by atoms with van der Waals surface area (Å²) in [5, 5.41) is 57.4. The van der Waals surface area contributed by atoms with E-state index in [1.165, 1.54) is 6.07 Å². The minimum Gasteiger partial charge on any atom is -0.482 e. The van der Waals surface area contributed by atoms with E-state index < -0.39 is 48.8 Å². The van der Waals surface area contributed by atoms with Crippen molar-refractivity contribution in [3.63, 3.8) is 0 Å². The van der Waals surface area contributed by atoms with Crippen LogP contribution in [-0.4, -0.2) is 125 Å². The van der Waals surface area contributed by atoms with E-state index in [1.807, 2.05) is 37.2 Å². The SMILES string of the molecule is CNCC[C@]1(C)Oc2c(cc3c(=O)cc(C)oc3c2N2C=C3N=CC=C3C2)C[C@H]1OOC[C@H](O)[C@](O)(CN1CC=C2N=CC=C21)[C@H](O)[C@H](O)CO. The van der Waals surface area contributed by atoms with Crippen molar-refractivity contribution >= 4 is 29.1 Å². The first-order valence-electron chi connectivity index (χ1n) is 17.0. The maximum atomic E-state index is 13.3. The third kappa shape index (κ3) is 6.33. The molecule has 2 aromatic rings. The van der Waals surface area contributed by atoms with Crippen molar-refractivity contribution in [1.29, 1.82) is 0 Å². The first-order chi connectivity index (χ1) is 24.5. The molecule has 0 saturated heterocycles. The fourth-order valence-electron chi connectivity index (χ4n) is 7.21. The standard InChI is InChI=1S/C36H43N5O10/c1-20-12-27(43)23-13-22-14-30(35(2,7-10-37-3)50-32(22)31(33(23)49-20)41-15-21-4-8-39-25(21)16-41)51-48-18-29(45)36(47,34(46)28(44)17-42)19-40-11-6-24-26(40)5-9-38-24/h4-6,8-9,12-13,16,28-30,34,37,42,44-47H,7,10-11,14-15,17-19H2,1-3H3/t28-,29+,30-,34-,35+,36-/m1/s1. The highest BCUT2D eigenvalue weighted by Gasteiger charge is 2.49. The summed E-state index contributed by atoms with van der Waals surface area (Å²) < 4.78 is 13.0. The van der Waals surface area contributed by atoms with Crippen LogP contribution in [0.2, 0.25) is 0 Å². The Kier molecular flexibility index (Phi) is 9.49. The summed E-state index contributed by atoms with van der Waals surface area (Å²) in [6, 6.07) is 3.19. The van der Waals surface area contributed by atoms with Crippen LogP contribution in [-0.2, 0) is 16.2 Å². The topological polar surface area (TPSA) is 202 Å². The maximum absolute atomic E-state index is 13.3. The maximum Gasteiger partial charge on any atom is 0.193 e. The van der Waals surface area contributed by atoms with Gasteiger partial charge in [0.25, 0.3) is 0 Å². The third-order valence-electron chi connectivity index (χ3n) is 10.2. The summed E-state index contributed by atoms with van der Waals surface area (Å²) in [7, 11) is 1.82. The van der Waals surface area contributed by atoms with Crippen molar-refractivity contribution < 1.29 is 44.5 Å². The lowest BCUT2D eigenvalue weighted by Gasteiger charge is -2.43. The van der Waals surface area contributed by atoms with Crippen molar-refractivity contribution in [3.05, 3.63) is 80.8 Å². The summed E-state index contributed by atoms with van der Waals surface area (Å²) in [5.41, 5.74) is 1.37. The van der Waals surface area contributed by atoms with Gasteiger partial charge in [-0.3, -0.25) is 14.8 Å². The molecule has 1 aromatic heterocycles. The Morgan fingerprint density at radius 1 is 1.18 bits per heavy atom. The molecule has 0 spiro atoms. The molecule has 15 heteroatoms. The number of fused-ring (bicyclic) bond motifs is 4. The zero-order chi connectivity index (χ0) is 36.1. The molecule has 1 aromatic carbocycles. The zero-order valence-electron chi connectivity index (χ0n) is 28.7. The lowest BCUT2D eigenvalue weighted by Crippen LogP contribution is -2.63. The molecule has 0 fully saturated rings. The Hall–Kier alpha value is -4.19. The molecule has 15 nitrogen and oxygen atoms in total. The van der Waals surface area contributed by atoms with E-state index in [1.54, 1.807) is 36.4 Å². The first-order valence-corrected chi connectivity index (χ1v) is 17.0. The molecule has 51 heavy (non-hydrogen) atoms. The lowest BCUT2D eigenvalue weighted by molar-refractivity contribution is -0.364. The van der Waals surface area contributed by atoms with Crippen molar-refractivity contribution in [2.24, 2.45) is 9.98 Å². The summed E-state index contributed by atoms with van der Waals surface area (Å²) in [6.07, 6.45) is 5.28. The first kappa shape index (κ1) is 35.2. The van der Waals surface area contributed by atoms with E-state index >= 15 is 0 Å². The molecule has 6 atom stereocenters. The number of aliphatic imine (C=N–C) groups is 2. The van der Waals surface area contributed by atoms with Crippen LogP contribution in [0.25, 0.3) is 11.0 Å². The number of anilines is 1. The highest BCUT2D eigenvalue weighted by Crippen LogP contribution is 2.48. The van der Waals surface area contributed by atoms with Gasteiger partial charge in [0.15, 0.2) is 16.8 Å². The Labute approximate surface area is 293 Å². The molecular weight excluding hydrogens is 662 g/mol. The average molecular weight is 706 g/mol. The second kappa shape index (κ2) is 13.7. The molecule has 0 amide bonds. The molecule has 0 radical (unpaired) electrons. The Balaban J connectivity index is 1.16. The number of nitrogens with zero attached hydrogens (tertiary/aromatic N) is 4. The van der Waals surface area contributed by atoms with E-state index in [2.05, 4.69) is 15.3 Å². The molecule has 0 saturated carbocycles. The number of aliphatic hydroxyl groups is 5. The molecular formula is C36H43N5O10. The van der Waals surface area contributed by atoms with Crippen molar-refractivity contribution in [2.75, 3.05) is 51.3 Å². The van der Waals surface area contributed by atoms with Gasteiger partial charge in [-0.2, -0.15) is 0 Å². The van der Waals surface area contributed by atoms with Gasteiger partial charge in [0.05, 0.1) is 42.2 Å². The lowest BCUT2D eigenvalue weighted by atomic mass is 9.86. The van der Waals surface area contributed by atoms with Crippen LogP contribution in [0.15, 0.2) is 78.4 Å². The summed E-state index contributed by atoms with van der Waals surface area (Å²) in [5.74, 6) is 1.00. The smallest absolute Gasteiger partial charge is 0.193 e. The van der Waals surface area contributed by atoms with Crippen LogP contribution in [0.1, 0.15) is 24.7 Å². The van der Waals surface area contributed by atoms with E-state index in [4.69, 9.17) is 18.9 Å². The number of allylic oxidation sites excluding steroid dienone is 2. The monoisotopic (exact) mass is 705 g/mol. The van der Waals surface area contributed by atoms with Gasteiger partial charge >= 0.3 is 0 Å². The van der Waals surface area contributed by atoms with Crippen LogP contribution in [0, 0.1) is 6.92 Å². The molecule has 6 N–H and O–H groups in total. The number of β-amino-alcohol motifs (C(OH)–C–C–N with tert-alkyl or cyclic N) is 1. The normalized spacial score (nSPS) is 24.7. The molecule has 5 aliphatic heterocycles. The van der Waals surface area contributed by atoms with Gasteiger partial charge in [0.1, 0.15) is 53.7 Å². The number of ether oxygens (including phenoxy) is 1. The average Bonchev–Trinajstić information content (AvgIpc) is 3.90. The predicted octanol–water partition coefficient (Wildman–Crippen LogP) is 0.367. The molecule has 5 aliphatic rings. The largest absolute Gasteiger partial charge is 0.482 e. The fourth-order valence-corrected chi connectivity index (χ4v) is 7.21.